The quantitative estimate of drug-likeness (QED) is 0.701. The van der Waals surface area contributed by atoms with Crippen LogP contribution in [-0.4, -0.2) is 29.3 Å². The minimum Gasteiger partial charge on any atom is -0.383 e. The van der Waals surface area contributed by atoms with E-state index in [-0.39, 0.29) is 0 Å². The van der Waals surface area contributed by atoms with E-state index in [9.17, 15) is 0 Å². The van der Waals surface area contributed by atoms with Gasteiger partial charge in [0.15, 0.2) is 5.65 Å². The first-order valence-corrected chi connectivity index (χ1v) is 6.92. The molecule has 0 aliphatic rings. The number of anilines is 1. The van der Waals surface area contributed by atoms with Crippen LogP contribution >= 0.6 is 22.6 Å². The van der Waals surface area contributed by atoms with Crippen molar-refractivity contribution in [3.05, 3.63) is 28.7 Å². The van der Waals surface area contributed by atoms with Gasteiger partial charge in [-0.1, -0.05) is 0 Å². The van der Waals surface area contributed by atoms with Crippen LogP contribution in [0.1, 0.15) is 6.42 Å². The van der Waals surface area contributed by atoms with Crippen LogP contribution in [-0.2, 0) is 13.1 Å². The number of aromatic nitrogens is 6. The number of nitrogens with zero attached hydrogens (tertiary/aromatic N) is 6. The Hall–Kier alpha value is -1.71. The van der Waals surface area contributed by atoms with Gasteiger partial charge in [0.1, 0.15) is 15.8 Å². The van der Waals surface area contributed by atoms with Gasteiger partial charge in [-0.15, -0.1) is 0 Å². The van der Waals surface area contributed by atoms with Crippen molar-refractivity contribution in [1.82, 2.24) is 29.3 Å². The highest BCUT2D eigenvalue weighted by atomic mass is 127. The molecule has 3 heterocycles. The molecule has 19 heavy (non-hydrogen) atoms. The largest absolute Gasteiger partial charge is 0.383 e. The van der Waals surface area contributed by atoms with Gasteiger partial charge in [0, 0.05) is 25.5 Å². The first kappa shape index (κ1) is 12.3. The van der Waals surface area contributed by atoms with Crippen molar-refractivity contribution in [1.29, 1.82) is 0 Å². The number of hydrogen-bond donors (Lipinski definition) is 1. The monoisotopic (exact) mass is 369 g/mol. The van der Waals surface area contributed by atoms with E-state index in [0.29, 0.717) is 5.82 Å². The Balaban J connectivity index is 1.80. The summed E-state index contributed by atoms with van der Waals surface area (Å²) in [6.07, 6.45) is 7.96. The summed E-state index contributed by atoms with van der Waals surface area (Å²) in [6.45, 7) is 1.69. The van der Waals surface area contributed by atoms with E-state index in [0.717, 1.165) is 34.2 Å². The van der Waals surface area contributed by atoms with Crippen LogP contribution in [0.5, 0.6) is 0 Å². The molecule has 0 fully saturated rings. The highest BCUT2D eigenvalue weighted by molar-refractivity contribution is 14.1. The second-order valence-corrected chi connectivity index (χ2v) is 5.15. The second-order valence-electron chi connectivity index (χ2n) is 4.13. The summed E-state index contributed by atoms with van der Waals surface area (Å²) in [6, 6.07) is 0. The molecule has 3 aromatic heterocycles. The molecule has 0 radical (unpaired) electrons. The zero-order valence-corrected chi connectivity index (χ0v) is 12.2. The number of fused-ring (bicyclic) bond motifs is 1. The van der Waals surface area contributed by atoms with Crippen molar-refractivity contribution in [2.24, 2.45) is 0 Å². The number of nitrogen functional groups attached to an aromatic ring is 1. The van der Waals surface area contributed by atoms with E-state index in [4.69, 9.17) is 5.73 Å². The predicted molar refractivity (Wildman–Crippen MR) is 79.3 cm³/mol. The predicted octanol–water partition coefficient (Wildman–Crippen LogP) is 1.30. The summed E-state index contributed by atoms with van der Waals surface area (Å²) in [5, 5.41) is 5.30. The van der Waals surface area contributed by atoms with Crippen LogP contribution in [0.4, 0.5) is 5.82 Å². The number of nitrogens with two attached hydrogens (primary N) is 1. The molecule has 3 rings (SSSR count). The number of rotatable bonds is 4. The van der Waals surface area contributed by atoms with Crippen molar-refractivity contribution in [2.45, 2.75) is 19.5 Å². The number of hydrogen-bond acceptors (Lipinski definition) is 5. The zero-order chi connectivity index (χ0) is 13.2. The summed E-state index contributed by atoms with van der Waals surface area (Å²) in [7, 11) is 0. The molecule has 0 bridgehead atoms. The lowest BCUT2D eigenvalue weighted by molar-refractivity contribution is 0.533. The van der Waals surface area contributed by atoms with E-state index in [2.05, 4.69) is 42.6 Å². The Bertz CT molecular complexity index is 688. The van der Waals surface area contributed by atoms with Crippen molar-refractivity contribution in [2.75, 3.05) is 5.73 Å². The molecule has 0 aliphatic heterocycles. The second kappa shape index (κ2) is 5.11. The van der Waals surface area contributed by atoms with Gasteiger partial charge in [-0.3, -0.25) is 0 Å². The molecule has 98 valence electrons. The SMILES string of the molecule is Nc1ncnc2c1c(I)nn2CCCn1ccnc1. The molecule has 8 heteroatoms. The molecule has 0 spiro atoms. The summed E-state index contributed by atoms with van der Waals surface area (Å²) >= 11 is 2.16. The van der Waals surface area contributed by atoms with E-state index in [1.807, 2.05) is 21.8 Å². The van der Waals surface area contributed by atoms with Crippen molar-refractivity contribution in [3.63, 3.8) is 0 Å². The van der Waals surface area contributed by atoms with E-state index >= 15 is 0 Å². The van der Waals surface area contributed by atoms with Gasteiger partial charge in [-0.05, 0) is 29.0 Å². The maximum absolute atomic E-state index is 5.85. The third-order valence-electron chi connectivity index (χ3n) is 2.86. The highest BCUT2D eigenvalue weighted by Gasteiger charge is 2.12. The molecule has 3 aromatic rings. The minimum atomic E-state index is 0.482. The first-order chi connectivity index (χ1) is 9.25. The standard InChI is InChI=1S/C11H12IN7/c12-9-8-10(13)15-6-16-11(8)19(17-9)4-1-3-18-5-2-14-7-18/h2,5-7H,1,3-4H2,(H2,13,15,16). The maximum Gasteiger partial charge on any atom is 0.164 e. The lowest BCUT2D eigenvalue weighted by atomic mass is 10.4. The van der Waals surface area contributed by atoms with Crippen LogP contribution in [0, 0.1) is 3.70 Å². The fraction of sp³-hybridized carbons (Fsp3) is 0.273. The van der Waals surface area contributed by atoms with Gasteiger partial charge in [-0.25, -0.2) is 19.6 Å². The van der Waals surface area contributed by atoms with Gasteiger partial charge < -0.3 is 10.3 Å². The number of halogens is 1. The summed E-state index contributed by atoms with van der Waals surface area (Å²) in [5.74, 6) is 0.482. The molecule has 0 unspecified atom stereocenters. The highest BCUT2D eigenvalue weighted by Crippen LogP contribution is 2.22. The van der Waals surface area contributed by atoms with E-state index in [1.54, 1.807) is 6.20 Å². The van der Waals surface area contributed by atoms with Crippen LogP contribution in [0.15, 0.2) is 25.0 Å². The van der Waals surface area contributed by atoms with Crippen molar-refractivity contribution >= 4 is 39.4 Å². The third-order valence-corrected chi connectivity index (χ3v) is 3.62. The molecule has 0 aromatic carbocycles. The van der Waals surface area contributed by atoms with E-state index in [1.165, 1.54) is 6.33 Å². The number of imidazole rings is 1. The fourth-order valence-corrected chi connectivity index (χ4v) is 2.74. The van der Waals surface area contributed by atoms with Crippen LogP contribution in [0.3, 0.4) is 0 Å². The Morgan fingerprint density at radius 1 is 1.26 bits per heavy atom. The molecular weight excluding hydrogens is 357 g/mol. The maximum atomic E-state index is 5.85. The third kappa shape index (κ3) is 2.39. The smallest absolute Gasteiger partial charge is 0.164 e. The van der Waals surface area contributed by atoms with Gasteiger partial charge in [0.2, 0.25) is 0 Å². The van der Waals surface area contributed by atoms with E-state index < -0.39 is 0 Å². The van der Waals surface area contributed by atoms with Crippen LogP contribution in [0.2, 0.25) is 0 Å². The molecule has 0 atom stereocenters. The Morgan fingerprint density at radius 3 is 2.95 bits per heavy atom. The normalized spacial score (nSPS) is 11.2. The fourth-order valence-electron chi connectivity index (χ4n) is 1.96. The molecule has 0 aliphatic carbocycles. The lowest BCUT2D eigenvalue weighted by Crippen LogP contribution is -2.05. The van der Waals surface area contributed by atoms with Gasteiger partial charge in [0.05, 0.1) is 11.7 Å². The molecular formula is C11H12IN7. The average Bonchev–Trinajstić information content (AvgIpc) is 3.00. The Morgan fingerprint density at radius 2 is 2.16 bits per heavy atom. The summed E-state index contributed by atoms with van der Waals surface area (Å²) in [5.41, 5.74) is 6.65. The molecule has 0 amide bonds. The number of aryl methyl sites for hydroxylation is 2. The van der Waals surface area contributed by atoms with Crippen LogP contribution < -0.4 is 5.73 Å². The molecule has 0 saturated carbocycles. The molecule has 0 saturated heterocycles. The first-order valence-electron chi connectivity index (χ1n) is 5.84. The molecule has 7 nitrogen and oxygen atoms in total. The van der Waals surface area contributed by atoms with Gasteiger partial charge in [0.25, 0.3) is 0 Å². The van der Waals surface area contributed by atoms with Crippen molar-refractivity contribution < 1.29 is 0 Å². The molecule has 2 N–H and O–H groups in total. The summed E-state index contributed by atoms with van der Waals surface area (Å²) in [4.78, 5) is 12.3. The average molecular weight is 369 g/mol. The van der Waals surface area contributed by atoms with Gasteiger partial charge in [-0.2, -0.15) is 5.10 Å². The topological polar surface area (TPSA) is 87.4 Å². The minimum absolute atomic E-state index is 0.482. The van der Waals surface area contributed by atoms with Crippen molar-refractivity contribution in [3.8, 4) is 0 Å². The summed E-state index contributed by atoms with van der Waals surface area (Å²) < 4.78 is 4.76. The zero-order valence-electron chi connectivity index (χ0n) is 10.1. The Labute approximate surface area is 123 Å². The lowest BCUT2D eigenvalue weighted by Gasteiger charge is -2.03. The Kier molecular flexibility index (Phi) is 3.32. The van der Waals surface area contributed by atoms with Gasteiger partial charge >= 0.3 is 0 Å². The van der Waals surface area contributed by atoms with Crippen LogP contribution in [0.25, 0.3) is 11.0 Å².